The Balaban J connectivity index is 2.48. The van der Waals surface area contributed by atoms with Crippen molar-refractivity contribution in [1.29, 1.82) is 0 Å². The molecule has 1 aliphatic rings. The predicted molar refractivity (Wildman–Crippen MR) is 66.1 cm³/mol. The highest BCUT2D eigenvalue weighted by molar-refractivity contribution is 5.95. The molecule has 0 radical (unpaired) electrons. The summed E-state index contributed by atoms with van der Waals surface area (Å²) in [5.41, 5.74) is -0.130. The number of aromatic carboxylic acids is 1. The van der Waals surface area contributed by atoms with Crippen LogP contribution in [-0.2, 0) is 0 Å². The number of piperidine rings is 1. The Morgan fingerprint density at radius 1 is 1.28 bits per heavy atom. The van der Waals surface area contributed by atoms with E-state index in [0.29, 0.717) is 5.69 Å². The lowest BCUT2D eigenvalue weighted by Gasteiger charge is -2.28. The first-order chi connectivity index (χ1) is 8.61. The molecule has 0 saturated carbocycles. The molecule has 1 aromatic rings. The Kier molecular flexibility index (Phi) is 3.45. The highest BCUT2D eigenvalue weighted by Gasteiger charge is 2.27. The molecule has 0 spiro atoms. The number of hydrogen-bond acceptors (Lipinski definition) is 4. The molecule has 0 atom stereocenters. The van der Waals surface area contributed by atoms with Crippen LogP contribution in [0.5, 0.6) is 0 Å². The number of para-hydroxylation sites is 1. The number of carboxylic acid groups (broad SMARTS) is 1. The molecule has 6 nitrogen and oxygen atoms in total. The fourth-order valence-electron chi connectivity index (χ4n) is 2.29. The van der Waals surface area contributed by atoms with Crippen LogP contribution in [0.3, 0.4) is 0 Å². The van der Waals surface area contributed by atoms with Crippen molar-refractivity contribution in [2.75, 3.05) is 18.0 Å². The van der Waals surface area contributed by atoms with Crippen molar-refractivity contribution in [3.63, 3.8) is 0 Å². The van der Waals surface area contributed by atoms with Gasteiger partial charge in [-0.25, -0.2) is 4.79 Å². The molecule has 6 heteroatoms. The standard InChI is InChI=1S/C12H14N2O4/c15-12(16)9-5-4-6-10(11(9)14(17)18)13-7-2-1-3-8-13/h4-6H,1-3,7-8H2,(H,15,16). The summed E-state index contributed by atoms with van der Waals surface area (Å²) in [5, 5.41) is 20.1. The zero-order chi connectivity index (χ0) is 13.1. The summed E-state index contributed by atoms with van der Waals surface area (Å²) in [6.07, 6.45) is 3.08. The fourth-order valence-corrected chi connectivity index (χ4v) is 2.29. The molecule has 0 aromatic heterocycles. The number of nitrogens with zero attached hydrogens (tertiary/aromatic N) is 2. The SMILES string of the molecule is O=C(O)c1cccc(N2CCCCC2)c1[N+](=O)[O-]. The maximum Gasteiger partial charge on any atom is 0.342 e. The van der Waals surface area contributed by atoms with Crippen molar-refractivity contribution in [1.82, 2.24) is 0 Å². The average Bonchev–Trinajstić information content (AvgIpc) is 2.38. The van der Waals surface area contributed by atoms with Gasteiger partial charge in [0, 0.05) is 13.1 Å². The topological polar surface area (TPSA) is 83.7 Å². The second-order valence-electron chi connectivity index (χ2n) is 4.28. The molecule has 1 aromatic carbocycles. The van der Waals surface area contributed by atoms with E-state index >= 15 is 0 Å². The van der Waals surface area contributed by atoms with Gasteiger partial charge in [-0.3, -0.25) is 10.1 Å². The minimum atomic E-state index is -1.26. The van der Waals surface area contributed by atoms with E-state index in [-0.39, 0.29) is 11.3 Å². The maximum atomic E-state index is 11.1. The summed E-state index contributed by atoms with van der Waals surface area (Å²) in [6.45, 7) is 1.48. The van der Waals surface area contributed by atoms with Gasteiger partial charge in [0.15, 0.2) is 0 Å². The van der Waals surface area contributed by atoms with Crippen molar-refractivity contribution in [2.24, 2.45) is 0 Å². The fraction of sp³-hybridized carbons (Fsp3) is 0.417. The van der Waals surface area contributed by atoms with Crippen LogP contribution in [-0.4, -0.2) is 29.1 Å². The van der Waals surface area contributed by atoms with Crippen LogP contribution >= 0.6 is 0 Å². The lowest BCUT2D eigenvalue weighted by molar-refractivity contribution is -0.384. The Morgan fingerprint density at radius 2 is 1.94 bits per heavy atom. The first kappa shape index (κ1) is 12.3. The number of rotatable bonds is 3. The van der Waals surface area contributed by atoms with Crippen LogP contribution in [0.25, 0.3) is 0 Å². The first-order valence-corrected chi connectivity index (χ1v) is 5.87. The van der Waals surface area contributed by atoms with Gasteiger partial charge in [0.1, 0.15) is 11.3 Å². The van der Waals surface area contributed by atoms with E-state index in [1.807, 2.05) is 4.90 Å². The van der Waals surface area contributed by atoms with Gasteiger partial charge in [0.25, 0.3) is 0 Å². The third kappa shape index (κ3) is 2.27. The predicted octanol–water partition coefficient (Wildman–Crippen LogP) is 2.28. The second kappa shape index (κ2) is 5.03. The first-order valence-electron chi connectivity index (χ1n) is 5.87. The third-order valence-electron chi connectivity index (χ3n) is 3.12. The van der Waals surface area contributed by atoms with Crippen LogP contribution < -0.4 is 4.90 Å². The molecule has 0 unspecified atom stereocenters. The number of hydrogen-bond donors (Lipinski definition) is 1. The monoisotopic (exact) mass is 250 g/mol. The smallest absolute Gasteiger partial charge is 0.342 e. The average molecular weight is 250 g/mol. The lowest BCUT2D eigenvalue weighted by atomic mass is 10.1. The largest absolute Gasteiger partial charge is 0.477 e. The van der Waals surface area contributed by atoms with E-state index in [4.69, 9.17) is 5.11 Å². The number of nitro benzene ring substituents is 1. The number of nitro groups is 1. The second-order valence-corrected chi connectivity index (χ2v) is 4.28. The zero-order valence-electron chi connectivity index (χ0n) is 9.83. The summed E-state index contributed by atoms with van der Waals surface area (Å²) in [4.78, 5) is 23.4. The molecule has 1 fully saturated rings. The molecule has 96 valence electrons. The number of carbonyl (C=O) groups is 1. The van der Waals surface area contributed by atoms with Gasteiger partial charge in [0.05, 0.1) is 4.92 Å². The highest BCUT2D eigenvalue weighted by Crippen LogP contribution is 2.33. The molecule has 1 saturated heterocycles. The molecule has 0 aliphatic carbocycles. The molecule has 1 heterocycles. The van der Waals surface area contributed by atoms with Gasteiger partial charge >= 0.3 is 11.7 Å². The minimum Gasteiger partial charge on any atom is -0.477 e. The summed E-state index contributed by atoms with van der Waals surface area (Å²) >= 11 is 0. The van der Waals surface area contributed by atoms with Crippen molar-refractivity contribution >= 4 is 17.3 Å². The summed E-state index contributed by atoms with van der Waals surface area (Å²) < 4.78 is 0. The number of benzene rings is 1. The van der Waals surface area contributed by atoms with E-state index in [1.165, 1.54) is 6.07 Å². The Hall–Kier alpha value is -2.11. The molecule has 18 heavy (non-hydrogen) atoms. The highest BCUT2D eigenvalue weighted by atomic mass is 16.6. The summed E-state index contributed by atoms with van der Waals surface area (Å²) in [7, 11) is 0. The maximum absolute atomic E-state index is 11.1. The van der Waals surface area contributed by atoms with Crippen LogP contribution in [0.4, 0.5) is 11.4 Å². The van der Waals surface area contributed by atoms with Gasteiger partial charge in [0.2, 0.25) is 0 Å². The minimum absolute atomic E-state index is 0.247. The van der Waals surface area contributed by atoms with E-state index in [2.05, 4.69) is 0 Å². The van der Waals surface area contributed by atoms with Crippen molar-refractivity contribution < 1.29 is 14.8 Å². The van der Waals surface area contributed by atoms with E-state index in [0.717, 1.165) is 32.4 Å². The van der Waals surface area contributed by atoms with Gasteiger partial charge < -0.3 is 10.0 Å². The lowest BCUT2D eigenvalue weighted by Crippen LogP contribution is -2.30. The molecule has 0 amide bonds. The number of carboxylic acids is 1. The zero-order valence-corrected chi connectivity index (χ0v) is 9.83. The molecule has 1 aliphatic heterocycles. The van der Waals surface area contributed by atoms with Gasteiger partial charge in [-0.05, 0) is 31.4 Å². The van der Waals surface area contributed by atoms with Crippen molar-refractivity contribution in [3.05, 3.63) is 33.9 Å². The molecule has 2 rings (SSSR count). The van der Waals surface area contributed by atoms with Crippen LogP contribution in [0.15, 0.2) is 18.2 Å². The Bertz CT molecular complexity index is 481. The van der Waals surface area contributed by atoms with E-state index < -0.39 is 10.9 Å². The van der Waals surface area contributed by atoms with Gasteiger partial charge in [-0.2, -0.15) is 0 Å². The van der Waals surface area contributed by atoms with Gasteiger partial charge in [-0.1, -0.05) is 6.07 Å². The van der Waals surface area contributed by atoms with Crippen molar-refractivity contribution in [3.8, 4) is 0 Å². The molecular formula is C12H14N2O4. The van der Waals surface area contributed by atoms with Gasteiger partial charge in [-0.15, -0.1) is 0 Å². The van der Waals surface area contributed by atoms with Crippen LogP contribution in [0, 0.1) is 10.1 Å². The molecular weight excluding hydrogens is 236 g/mol. The van der Waals surface area contributed by atoms with Crippen LogP contribution in [0.2, 0.25) is 0 Å². The van der Waals surface area contributed by atoms with Crippen LogP contribution in [0.1, 0.15) is 29.6 Å². The quantitative estimate of drug-likeness (QED) is 0.657. The summed E-state index contributed by atoms with van der Waals surface area (Å²) in [6, 6.07) is 4.45. The van der Waals surface area contributed by atoms with E-state index in [9.17, 15) is 14.9 Å². The Morgan fingerprint density at radius 3 is 2.50 bits per heavy atom. The Labute approximate surface area is 104 Å². The third-order valence-corrected chi connectivity index (χ3v) is 3.12. The number of anilines is 1. The van der Waals surface area contributed by atoms with E-state index in [1.54, 1.807) is 12.1 Å². The normalized spacial score (nSPS) is 15.4. The summed E-state index contributed by atoms with van der Waals surface area (Å²) in [5.74, 6) is -1.26. The van der Waals surface area contributed by atoms with Crippen molar-refractivity contribution in [2.45, 2.75) is 19.3 Å². The molecule has 0 bridgehead atoms. The molecule has 1 N–H and O–H groups in total.